The maximum atomic E-state index is 9.27. The lowest BCUT2D eigenvalue weighted by atomic mass is 10.3. The maximum absolute atomic E-state index is 9.27. The van der Waals surface area contributed by atoms with Crippen LogP contribution in [0.2, 0.25) is 0 Å². The van der Waals surface area contributed by atoms with Crippen LogP contribution in [0.4, 0.5) is 0 Å². The van der Waals surface area contributed by atoms with Crippen LogP contribution < -0.4 is 0 Å². The van der Waals surface area contributed by atoms with E-state index in [0.717, 1.165) is 0 Å². The molecule has 3 N–H and O–H groups in total. The molecule has 66 valence electrons. The molecule has 4 heteroatoms. The van der Waals surface area contributed by atoms with Gasteiger partial charge in [-0.25, -0.2) is 0 Å². The number of rotatable bonds is 3. The highest BCUT2D eigenvalue weighted by atomic mass is 32.2. The number of phenols is 2. The van der Waals surface area contributed by atoms with Crippen molar-refractivity contribution in [3.63, 3.8) is 0 Å². The number of aromatic hydroxyl groups is 2. The Labute approximate surface area is 74.7 Å². The van der Waals surface area contributed by atoms with E-state index in [-0.39, 0.29) is 18.1 Å². The van der Waals surface area contributed by atoms with Gasteiger partial charge in [0.2, 0.25) is 0 Å². The molecule has 0 aliphatic rings. The predicted octanol–water partition coefficient (Wildman–Crippen LogP) is 1.18. The van der Waals surface area contributed by atoms with Crippen LogP contribution in [-0.4, -0.2) is 27.7 Å². The highest BCUT2D eigenvalue weighted by Crippen LogP contribution is 2.34. The summed E-state index contributed by atoms with van der Waals surface area (Å²) in [5.74, 6) is 0.269. The Morgan fingerprint density at radius 2 is 2.00 bits per heavy atom. The summed E-state index contributed by atoms with van der Waals surface area (Å²) in [6.07, 6.45) is 0. The van der Waals surface area contributed by atoms with Gasteiger partial charge in [0, 0.05) is 5.75 Å². The Morgan fingerprint density at radius 1 is 1.25 bits per heavy atom. The first-order valence-corrected chi connectivity index (χ1v) is 4.49. The van der Waals surface area contributed by atoms with E-state index in [9.17, 15) is 5.11 Å². The van der Waals surface area contributed by atoms with Crippen molar-refractivity contribution < 1.29 is 15.3 Å². The standard InChI is InChI=1S/C8H10O3S/c9-4-5-12-7-3-1-2-6(10)8(7)11/h1-3,9-11H,4-5H2. The van der Waals surface area contributed by atoms with Gasteiger partial charge in [0.05, 0.1) is 11.5 Å². The van der Waals surface area contributed by atoms with E-state index in [4.69, 9.17) is 10.2 Å². The minimum absolute atomic E-state index is 0.0553. The van der Waals surface area contributed by atoms with Gasteiger partial charge >= 0.3 is 0 Å². The van der Waals surface area contributed by atoms with Crippen LogP contribution in [0, 0.1) is 0 Å². The zero-order chi connectivity index (χ0) is 8.97. The molecular weight excluding hydrogens is 176 g/mol. The van der Waals surface area contributed by atoms with Crippen LogP contribution in [0.5, 0.6) is 11.5 Å². The molecule has 0 saturated carbocycles. The second kappa shape index (κ2) is 4.23. The molecule has 1 aromatic carbocycles. The zero-order valence-electron chi connectivity index (χ0n) is 6.40. The predicted molar refractivity (Wildman–Crippen MR) is 47.6 cm³/mol. The zero-order valence-corrected chi connectivity index (χ0v) is 7.21. The molecule has 1 rings (SSSR count). The van der Waals surface area contributed by atoms with Crippen molar-refractivity contribution in [3.8, 4) is 11.5 Å². The van der Waals surface area contributed by atoms with Crippen molar-refractivity contribution in [2.75, 3.05) is 12.4 Å². The second-order valence-electron chi connectivity index (χ2n) is 2.20. The Bertz CT molecular complexity index is 262. The van der Waals surface area contributed by atoms with E-state index in [1.165, 1.54) is 17.8 Å². The number of phenolic OH excluding ortho intramolecular Hbond substituents is 2. The van der Waals surface area contributed by atoms with E-state index < -0.39 is 0 Å². The Morgan fingerprint density at radius 3 is 2.67 bits per heavy atom. The average Bonchev–Trinajstić information content (AvgIpc) is 2.08. The smallest absolute Gasteiger partial charge is 0.171 e. The van der Waals surface area contributed by atoms with Crippen LogP contribution >= 0.6 is 11.8 Å². The molecule has 0 spiro atoms. The lowest BCUT2D eigenvalue weighted by Crippen LogP contribution is -1.85. The van der Waals surface area contributed by atoms with Gasteiger partial charge in [-0.15, -0.1) is 11.8 Å². The van der Waals surface area contributed by atoms with Gasteiger partial charge in [-0.1, -0.05) is 6.07 Å². The molecule has 0 amide bonds. The van der Waals surface area contributed by atoms with Gasteiger partial charge in [0.25, 0.3) is 0 Å². The fourth-order valence-electron chi connectivity index (χ4n) is 0.783. The van der Waals surface area contributed by atoms with E-state index >= 15 is 0 Å². The molecule has 0 radical (unpaired) electrons. The summed E-state index contributed by atoms with van der Waals surface area (Å²) in [6, 6.07) is 4.75. The molecule has 0 saturated heterocycles. The molecule has 1 aromatic rings. The minimum atomic E-state index is -0.127. The van der Waals surface area contributed by atoms with Gasteiger partial charge in [-0.3, -0.25) is 0 Å². The number of thioether (sulfide) groups is 1. The van der Waals surface area contributed by atoms with Crippen molar-refractivity contribution >= 4 is 11.8 Å². The van der Waals surface area contributed by atoms with Crippen molar-refractivity contribution in [3.05, 3.63) is 18.2 Å². The second-order valence-corrected chi connectivity index (χ2v) is 3.33. The lowest BCUT2D eigenvalue weighted by molar-refractivity contribution is 0.322. The SMILES string of the molecule is OCCSc1cccc(O)c1O. The first-order valence-electron chi connectivity index (χ1n) is 3.50. The molecule has 0 fully saturated rings. The first kappa shape index (κ1) is 9.22. The summed E-state index contributed by atoms with van der Waals surface area (Å²) in [4.78, 5) is 0.587. The van der Waals surface area contributed by atoms with Crippen molar-refractivity contribution in [1.29, 1.82) is 0 Å². The average molecular weight is 186 g/mol. The van der Waals surface area contributed by atoms with Gasteiger partial charge in [-0.2, -0.15) is 0 Å². The monoisotopic (exact) mass is 186 g/mol. The molecule has 0 aliphatic carbocycles. The molecule has 0 aromatic heterocycles. The van der Waals surface area contributed by atoms with E-state index in [1.807, 2.05) is 0 Å². The summed E-state index contributed by atoms with van der Waals surface area (Å²) in [6.45, 7) is 0.0553. The van der Waals surface area contributed by atoms with Gasteiger partial charge < -0.3 is 15.3 Å². The molecule has 0 bridgehead atoms. The van der Waals surface area contributed by atoms with Crippen LogP contribution in [0.3, 0.4) is 0 Å². The molecule has 3 nitrogen and oxygen atoms in total. The summed E-state index contributed by atoms with van der Waals surface area (Å²) in [5.41, 5.74) is 0. The van der Waals surface area contributed by atoms with Gasteiger partial charge in [-0.05, 0) is 12.1 Å². The van der Waals surface area contributed by atoms with Crippen LogP contribution in [0.15, 0.2) is 23.1 Å². The normalized spacial score (nSPS) is 10.1. The summed E-state index contributed by atoms with van der Waals surface area (Å²) < 4.78 is 0. The maximum Gasteiger partial charge on any atom is 0.171 e. The first-order chi connectivity index (χ1) is 5.75. The minimum Gasteiger partial charge on any atom is -0.504 e. The van der Waals surface area contributed by atoms with Gasteiger partial charge in [0.1, 0.15) is 0 Å². The number of aliphatic hydroxyl groups excluding tert-OH is 1. The molecule has 0 unspecified atom stereocenters. The lowest BCUT2D eigenvalue weighted by Gasteiger charge is -2.03. The van der Waals surface area contributed by atoms with Crippen molar-refractivity contribution in [1.82, 2.24) is 0 Å². The fraction of sp³-hybridized carbons (Fsp3) is 0.250. The summed E-state index contributed by atoms with van der Waals surface area (Å²) in [7, 11) is 0. The number of para-hydroxylation sites is 1. The Hall–Kier alpha value is -0.870. The molecular formula is C8H10O3S. The number of hydrogen-bond donors (Lipinski definition) is 3. The topological polar surface area (TPSA) is 60.7 Å². The van der Waals surface area contributed by atoms with E-state index in [2.05, 4.69) is 0 Å². The molecule has 0 aliphatic heterocycles. The number of hydrogen-bond acceptors (Lipinski definition) is 4. The number of aliphatic hydroxyl groups is 1. The quantitative estimate of drug-likeness (QED) is 0.490. The van der Waals surface area contributed by atoms with Crippen molar-refractivity contribution in [2.24, 2.45) is 0 Å². The third-order valence-corrected chi connectivity index (χ3v) is 2.35. The van der Waals surface area contributed by atoms with E-state index in [0.29, 0.717) is 10.6 Å². The summed E-state index contributed by atoms with van der Waals surface area (Å²) >= 11 is 1.30. The molecule has 12 heavy (non-hydrogen) atoms. The number of benzene rings is 1. The van der Waals surface area contributed by atoms with Crippen LogP contribution in [-0.2, 0) is 0 Å². The van der Waals surface area contributed by atoms with E-state index in [1.54, 1.807) is 12.1 Å². The highest BCUT2D eigenvalue weighted by molar-refractivity contribution is 7.99. The third kappa shape index (κ3) is 2.06. The summed E-state index contributed by atoms with van der Waals surface area (Å²) in [5, 5.41) is 26.9. The fourth-order valence-corrected chi connectivity index (χ4v) is 1.51. The van der Waals surface area contributed by atoms with Gasteiger partial charge in [0.15, 0.2) is 11.5 Å². The van der Waals surface area contributed by atoms with Crippen molar-refractivity contribution in [2.45, 2.75) is 4.90 Å². The molecule has 0 atom stereocenters. The van der Waals surface area contributed by atoms with Crippen LogP contribution in [0.25, 0.3) is 0 Å². The van der Waals surface area contributed by atoms with Crippen LogP contribution in [0.1, 0.15) is 0 Å². The third-order valence-electron chi connectivity index (χ3n) is 1.33. The Balaban J connectivity index is 2.78. The molecule has 0 heterocycles. The Kier molecular flexibility index (Phi) is 3.25. The largest absolute Gasteiger partial charge is 0.504 e. The highest BCUT2D eigenvalue weighted by Gasteiger charge is 2.04.